The molecule has 140 valence electrons. The van der Waals surface area contributed by atoms with Gasteiger partial charge in [-0.1, -0.05) is 31.0 Å². The lowest BCUT2D eigenvalue weighted by Gasteiger charge is -2.36. The van der Waals surface area contributed by atoms with Crippen molar-refractivity contribution in [1.29, 1.82) is 0 Å². The van der Waals surface area contributed by atoms with Crippen LogP contribution in [0.4, 0.5) is 4.39 Å². The van der Waals surface area contributed by atoms with Crippen molar-refractivity contribution in [3.05, 3.63) is 65.7 Å². The summed E-state index contributed by atoms with van der Waals surface area (Å²) < 4.78 is 13.4. The molecule has 1 aromatic heterocycles. The average molecular weight is 356 g/mol. The van der Waals surface area contributed by atoms with E-state index in [-0.39, 0.29) is 11.2 Å². The highest BCUT2D eigenvalue weighted by molar-refractivity contribution is 5.28. The number of likely N-dealkylation sites (N-methyl/N-ethyl adjacent to an activating group) is 1. The van der Waals surface area contributed by atoms with Crippen LogP contribution in [0.15, 0.2) is 48.8 Å². The Hall–Kier alpha value is -1.78. The molecule has 1 heterocycles. The molecule has 0 saturated heterocycles. The first-order valence-electron chi connectivity index (χ1n) is 9.59. The summed E-state index contributed by atoms with van der Waals surface area (Å²) in [5.41, 5.74) is 2.68. The van der Waals surface area contributed by atoms with Crippen LogP contribution in [0.25, 0.3) is 0 Å². The number of benzene rings is 1. The SMILES string of the molecule is CN(C)CCN(Cc1cccnc1)CC1(c2ccc(F)cc2)CCCC1. The zero-order chi connectivity index (χ0) is 18.4. The van der Waals surface area contributed by atoms with Gasteiger partial charge in [0.05, 0.1) is 0 Å². The first kappa shape index (κ1) is 19.0. The van der Waals surface area contributed by atoms with Gasteiger partial charge in [0.1, 0.15) is 5.82 Å². The van der Waals surface area contributed by atoms with Gasteiger partial charge in [-0.2, -0.15) is 0 Å². The fraction of sp³-hybridized carbons (Fsp3) is 0.500. The van der Waals surface area contributed by atoms with E-state index in [0.717, 1.165) is 26.2 Å². The largest absolute Gasteiger partial charge is 0.308 e. The monoisotopic (exact) mass is 355 g/mol. The van der Waals surface area contributed by atoms with E-state index in [4.69, 9.17) is 0 Å². The minimum absolute atomic E-state index is 0.141. The molecule has 26 heavy (non-hydrogen) atoms. The molecule has 1 saturated carbocycles. The standard InChI is InChI=1S/C22H30FN3/c1-25(2)14-15-26(17-19-6-5-13-24-16-19)18-22(11-3-4-12-22)20-7-9-21(23)10-8-20/h5-10,13,16H,3-4,11-12,14-15,17-18H2,1-2H3. The van der Waals surface area contributed by atoms with Crippen molar-refractivity contribution in [2.45, 2.75) is 37.6 Å². The van der Waals surface area contributed by atoms with Crippen molar-refractivity contribution in [1.82, 2.24) is 14.8 Å². The van der Waals surface area contributed by atoms with Crippen LogP contribution >= 0.6 is 0 Å². The maximum atomic E-state index is 13.4. The predicted molar refractivity (Wildman–Crippen MR) is 105 cm³/mol. The van der Waals surface area contributed by atoms with Crippen molar-refractivity contribution in [2.75, 3.05) is 33.7 Å². The van der Waals surface area contributed by atoms with Crippen molar-refractivity contribution in [3.63, 3.8) is 0 Å². The van der Waals surface area contributed by atoms with E-state index in [9.17, 15) is 4.39 Å². The maximum Gasteiger partial charge on any atom is 0.123 e. The fourth-order valence-electron chi connectivity index (χ4n) is 4.13. The average Bonchev–Trinajstić information content (AvgIpc) is 3.11. The van der Waals surface area contributed by atoms with Gasteiger partial charge in [0.25, 0.3) is 0 Å². The lowest BCUT2D eigenvalue weighted by atomic mass is 9.78. The molecule has 0 amide bonds. The fourth-order valence-corrected chi connectivity index (χ4v) is 4.13. The molecule has 1 fully saturated rings. The van der Waals surface area contributed by atoms with E-state index < -0.39 is 0 Å². The molecule has 0 atom stereocenters. The molecule has 0 unspecified atom stereocenters. The Morgan fingerprint density at radius 2 is 1.77 bits per heavy atom. The van der Waals surface area contributed by atoms with Gasteiger partial charge in [0.2, 0.25) is 0 Å². The first-order valence-corrected chi connectivity index (χ1v) is 9.59. The highest BCUT2D eigenvalue weighted by Gasteiger charge is 2.37. The zero-order valence-electron chi connectivity index (χ0n) is 16.0. The summed E-state index contributed by atoms with van der Waals surface area (Å²) in [5.74, 6) is -0.151. The van der Waals surface area contributed by atoms with Gasteiger partial charge >= 0.3 is 0 Å². The van der Waals surface area contributed by atoms with Crippen molar-refractivity contribution in [2.24, 2.45) is 0 Å². The number of rotatable bonds is 8. The summed E-state index contributed by atoms with van der Waals surface area (Å²) in [7, 11) is 4.24. The number of halogens is 1. The second kappa shape index (κ2) is 8.74. The van der Waals surface area contributed by atoms with E-state index in [1.54, 1.807) is 12.1 Å². The van der Waals surface area contributed by atoms with Crippen LogP contribution in [0.1, 0.15) is 36.8 Å². The maximum absolute atomic E-state index is 13.4. The van der Waals surface area contributed by atoms with Gasteiger partial charge in [-0.3, -0.25) is 9.88 Å². The van der Waals surface area contributed by atoms with Gasteiger partial charge in [0, 0.05) is 44.0 Å². The molecule has 3 rings (SSSR count). The van der Waals surface area contributed by atoms with Gasteiger partial charge in [-0.25, -0.2) is 4.39 Å². The number of hydrogen-bond acceptors (Lipinski definition) is 3. The number of aromatic nitrogens is 1. The normalized spacial score (nSPS) is 16.5. The van der Waals surface area contributed by atoms with Crippen LogP contribution in [0.5, 0.6) is 0 Å². The van der Waals surface area contributed by atoms with Gasteiger partial charge in [-0.15, -0.1) is 0 Å². The molecule has 0 bridgehead atoms. The molecule has 1 aromatic carbocycles. The second-order valence-corrected chi connectivity index (χ2v) is 7.87. The Balaban J connectivity index is 1.80. The summed E-state index contributed by atoms with van der Waals surface area (Å²) in [6, 6.07) is 11.4. The summed E-state index contributed by atoms with van der Waals surface area (Å²) in [6.45, 7) is 3.97. The quantitative estimate of drug-likeness (QED) is 0.711. The highest BCUT2D eigenvalue weighted by atomic mass is 19.1. The first-order chi connectivity index (χ1) is 12.6. The highest BCUT2D eigenvalue weighted by Crippen LogP contribution is 2.42. The third-order valence-corrected chi connectivity index (χ3v) is 5.54. The molecular weight excluding hydrogens is 325 g/mol. The molecule has 2 aromatic rings. The van der Waals surface area contributed by atoms with Crippen LogP contribution in [0.3, 0.4) is 0 Å². The van der Waals surface area contributed by atoms with E-state index in [1.807, 2.05) is 30.6 Å². The lowest BCUT2D eigenvalue weighted by Crippen LogP contribution is -2.41. The molecule has 0 aliphatic heterocycles. The molecule has 1 aliphatic carbocycles. The molecule has 0 N–H and O–H groups in total. The number of hydrogen-bond donors (Lipinski definition) is 0. The van der Waals surface area contributed by atoms with Gasteiger partial charge in [0.15, 0.2) is 0 Å². The Bertz CT molecular complexity index is 664. The van der Waals surface area contributed by atoms with Crippen LogP contribution in [0, 0.1) is 5.82 Å². The predicted octanol–water partition coefficient (Wildman–Crippen LogP) is 4.10. The van der Waals surface area contributed by atoms with E-state index in [0.29, 0.717) is 0 Å². The van der Waals surface area contributed by atoms with Crippen molar-refractivity contribution in [3.8, 4) is 0 Å². The summed E-state index contributed by atoms with van der Waals surface area (Å²) >= 11 is 0. The summed E-state index contributed by atoms with van der Waals surface area (Å²) in [6.07, 6.45) is 8.67. The van der Waals surface area contributed by atoms with E-state index in [1.165, 1.54) is 36.8 Å². The molecule has 0 radical (unpaired) electrons. The molecular formula is C22H30FN3. The summed E-state index contributed by atoms with van der Waals surface area (Å²) in [4.78, 5) is 9.05. The Morgan fingerprint density at radius 3 is 2.38 bits per heavy atom. The van der Waals surface area contributed by atoms with Crippen molar-refractivity contribution >= 4 is 0 Å². The lowest BCUT2D eigenvalue weighted by molar-refractivity contribution is 0.182. The van der Waals surface area contributed by atoms with E-state index >= 15 is 0 Å². The Kier molecular flexibility index (Phi) is 6.38. The molecule has 0 spiro atoms. The van der Waals surface area contributed by atoms with Crippen LogP contribution in [-0.2, 0) is 12.0 Å². The summed E-state index contributed by atoms with van der Waals surface area (Å²) in [5, 5.41) is 0. The Morgan fingerprint density at radius 1 is 1.04 bits per heavy atom. The minimum atomic E-state index is -0.151. The molecule has 3 nitrogen and oxygen atoms in total. The third-order valence-electron chi connectivity index (χ3n) is 5.54. The van der Waals surface area contributed by atoms with E-state index in [2.05, 4.69) is 34.9 Å². The topological polar surface area (TPSA) is 19.4 Å². The minimum Gasteiger partial charge on any atom is -0.308 e. The molecule has 1 aliphatic rings. The van der Waals surface area contributed by atoms with Crippen LogP contribution < -0.4 is 0 Å². The number of pyridine rings is 1. The number of nitrogens with zero attached hydrogens (tertiary/aromatic N) is 3. The second-order valence-electron chi connectivity index (χ2n) is 7.87. The van der Waals surface area contributed by atoms with Crippen LogP contribution in [-0.4, -0.2) is 48.5 Å². The third kappa shape index (κ3) is 4.89. The zero-order valence-corrected chi connectivity index (χ0v) is 16.0. The Labute approximate surface area is 156 Å². The smallest absolute Gasteiger partial charge is 0.123 e. The van der Waals surface area contributed by atoms with Gasteiger partial charge in [-0.05, 0) is 56.3 Å². The van der Waals surface area contributed by atoms with Gasteiger partial charge < -0.3 is 4.90 Å². The van der Waals surface area contributed by atoms with Crippen molar-refractivity contribution < 1.29 is 4.39 Å². The molecule has 4 heteroatoms. The van der Waals surface area contributed by atoms with Crippen LogP contribution in [0.2, 0.25) is 0 Å².